The first kappa shape index (κ1) is 18.2. The summed E-state index contributed by atoms with van der Waals surface area (Å²) in [6, 6.07) is 0. The van der Waals surface area contributed by atoms with E-state index in [1.807, 2.05) is 4.90 Å². The van der Waals surface area contributed by atoms with Crippen LogP contribution in [-0.4, -0.2) is 48.1 Å². The summed E-state index contributed by atoms with van der Waals surface area (Å²) in [6.07, 6.45) is 9.84. The number of nitrogens with zero attached hydrogens (tertiary/aromatic N) is 1. The molecule has 132 valence electrons. The van der Waals surface area contributed by atoms with Crippen molar-refractivity contribution >= 4 is 11.9 Å². The predicted molar refractivity (Wildman–Crippen MR) is 90.2 cm³/mol. The Morgan fingerprint density at radius 1 is 1.17 bits per heavy atom. The topological polar surface area (TPSA) is 69.6 Å². The van der Waals surface area contributed by atoms with Gasteiger partial charge < -0.3 is 10.4 Å². The average Bonchev–Trinajstić information content (AvgIpc) is 2.52. The van der Waals surface area contributed by atoms with Gasteiger partial charge in [0.2, 0.25) is 5.91 Å². The number of carbonyl (C=O) groups is 2. The zero-order valence-corrected chi connectivity index (χ0v) is 14.4. The molecule has 1 aliphatic heterocycles. The lowest BCUT2D eigenvalue weighted by molar-refractivity contribution is -0.145. The Labute approximate surface area is 139 Å². The maximum absolute atomic E-state index is 12.0. The van der Waals surface area contributed by atoms with Crippen LogP contribution < -0.4 is 5.32 Å². The number of carbonyl (C=O) groups excluding carboxylic acids is 1. The van der Waals surface area contributed by atoms with Crippen molar-refractivity contribution in [2.75, 3.05) is 26.2 Å². The fourth-order valence-electron chi connectivity index (χ4n) is 4.12. The van der Waals surface area contributed by atoms with Crippen molar-refractivity contribution in [1.82, 2.24) is 10.2 Å². The summed E-state index contributed by atoms with van der Waals surface area (Å²) in [4.78, 5) is 25.2. The molecular weight excluding hydrogens is 292 g/mol. The predicted octanol–water partition coefficient (Wildman–Crippen LogP) is 2.51. The lowest BCUT2D eigenvalue weighted by Crippen LogP contribution is -2.46. The fourth-order valence-corrected chi connectivity index (χ4v) is 4.12. The van der Waals surface area contributed by atoms with Gasteiger partial charge in [-0.1, -0.05) is 39.0 Å². The molecule has 0 radical (unpaired) electrons. The number of nitrogens with one attached hydrogen (secondary N) is 1. The smallest absolute Gasteiger partial charge is 0.307 e. The lowest BCUT2D eigenvalue weighted by atomic mass is 9.86. The van der Waals surface area contributed by atoms with Crippen LogP contribution in [0.25, 0.3) is 0 Å². The molecule has 0 spiro atoms. The summed E-state index contributed by atoms with van der Waals surface area (Å²) in [5, 5.41) is 12.2. The zero-order chi connectivity index (χ0) is 16.7. The number of hydrogen-bond acceptors (Lipinski definition) is 3. The molecule has 0 aromatic rings. The van der Waals surface area contributed by atoms with E-state index in [0.29, 0.717) is 19.0 Å². The normalized spacial score (nSPS) is 26.8. The van der Waals surface area contributed by atoms with Gasteiger partial charge in [0.15, 0.2) is 0 Å². The van der Waals surface area contributed by atoms with E-state index < -0.39 is 5.97 Å². The lowest BCUT2D eigenvalue weighted by Gasteiger charge is -2.34. The third-order valence-corrected chi connectivity index (χ3v) is 5.29. The van der Waals surface area contributed by atoms with Crippen LogP contribution in [-0.2, 0) is 9.59 Å². The fraction of sp³-hybridized carbons (Fsp3) is 0.889. The number of carboxylic acids is 1. The Balaban J connectivity index is 1.61. The highest BCUT2D eigenvalue weighted by Crippen LogP contribution is 2.27. The second-order valence-corrected chi connectivity index (χ2v) is 7.57. The number of hydrogen-bond donors (Lipinski definition) is 2. The molecule has 2 aliphatic rings. The van der Waals surface area contributed by atoms with Crippen molar-refractivity contribution in [3.63, 3.8) is 0 Å². The van der Waals surface area contributed by atoms with Crippen LogP contribution in [0.5, 0.6) is 0 Å². The SMILES string of the molecule is CC1CC(C(=O)O)CN(CC(=O)NCCCC2CCCCC2)C1. The van der Waals surface area contributed by atoms with Crippen LogP contribution in [0.1, 0.15) is 58.3 Å². The molecule has 1 aliphatic carbocycles. The molecule has 5 nitrogen and oxygen atoms in total. The quantitative estimate of drug-likeness (QED) is 0.706. The van der Waals surface area contributed by atoms with Crippen LogP contribution in [0.3, 0.4) is 0 Å². The Kier molecular flexibility index (Phi) is 7.34. The summed E-state index contributed by atoms with van der Waals surface area (Å²) in [7, 11) is 0. The van der Waals surface area contributed by atoms with E-state index in [9.17, 15) is 14.7 Å². The molecule has 0 bridgehead atoms. The Bertz CT molecular complexity index is 394. The minimum Gasteiger partial charge on any atom is -0.481 e. The van der Waals surface area contributed by atoms with Crippen LogP contribution >= 0.6 is 0 Å². The van der Waals surface area contributed by atoms with Gasteiger partial charge >= 0.3 is 5.97 Å². The third kappa shape index (κ3) is 6.50. The molecule has 0 aromatic carbocycles. The molecule has 2 unspecified atom stereocenters. The first-order valence-electron chi connectivity index (χ1n) is 9.26. The van der Waals surface area contributed by atoms with Crippen LogP contribution in [0.4, 0.5) is 0 Å². The van der Waals surface area contributed by atoms with Gasteiger partial charge in [0, 0.05) is 19.6 Å². The molecule has 1 saturated heterocycles. The summed E-state index contributed by atoms with van der Waals surface area (Å²) in [6.45, 7) is 4.46. The number of carboxylic acid groups (broad SMARTS) is 1. The maximum atomic E-state index is 12.0. The van der Waals surface area contributed by atoms with E-state index in [4.69, 9.17) is 0 Å². The molecule has 1 heterocycles. The molecule has 23 heavy (non-hydrogen) atoms. The first-order valence-corrected chi connectivity index (χ1v) is 9.26. The summed E-state index contributed by atoms with van der Waals surface area (Å²) >= 11 is 0. The largest absolute Gasteiger partial charge is 0.481 e. The van der Waals surface area contributed by atoms with Crippen molar-refractivity contribution in [2.24, 2.45) is 17.8 Å². The number of amides is 1. The zero-order valence-electron chi connectivity index (χ0n) is 14.4. The monoisotopic (exact) mass is 324 g/mol. The minimum atomic E-state index is -0.741. The molecule has 2 fully saturated rings. The second kappa shape index (κ2) is 9.26. The van der Waals surface area contributed by atoms with Gasteiger partial charge in [-0.25, -0.2) is 0 Å². The van der Waals surface area contributed by atoms with E-state index in [2.05, 4.69) is 12.2 Å². The number of rotatable bonds is 7. The molecule has 2 atom stereocenters. The van der Waals surface area contributed by atoms with Crippen LogP contribution in [0.2, 0.25) is 0 Å². The molecule has 5 heteroatoms. The molecule has 2 rings (SSSR count). The van der Waals surface area contributed by atoms with Gasteiger partial charge in [0.05, 0.1) is 12.5 Å². The average molecular weight is 324 g/mol. The number of piperidine rings is 1. The van der Waals surface area contributed by atoms with Gasteiger partial charge in [-0.05, 0) is 31.1 Å². The van der Waals surface area contributed by atoms with Crippen molar-refractivity contribution in [3.05, 3.63) is 0 Å². The number of likely N-dealkylation sites (tertiary alicyclic amines) is 1. The third-order valence-electron chi connectivity index (χ3n) is 5.29. The van der Waals surface area contributed by atoms with E-state index in [1.54, 1.807) is 0 Å². The highest BCUT2D eigenvalue weighted by Gasteiger charge is 2.30. The van der Waals surface area contributed by atoms with Gasteiger partial charge in [-0.2, -0.15) is 0 Å². The molecule has 1 amide bonds. The van der Waals surface area contributed by atoms with E-state index >= 15 is 0 Å². The van der Waals surface area contributed by atoms with Gasteiger partial charge in [-0.15, -0.1) is 0 Å². The van der Waals surface area contributed by atoms with E-state index in [-0.39, 0.29) is 11.8 Å². The van der Waals surface area contributed by atoms with Gasteiger partial charge in [0.25, 0.3) is 0 Å². The van der Waals surface area contributed by atoms with Gasteiger partial charge in [-0.3, -0.25) is 14.5 Å². The van der Waals surface area contributed by atoms with Crippen molar-refractivity contribution in [1.29, 1.82) is 0 Å². The summed E-state index contributed by atoms with van der Waals surface area (Å²) < 4.78 is 0. The minimum absolute atomic E-state index is 0.0342. The Hall–Kier alpha value is -1.10. The highest BCUT2D eigenvalue weighted by atomic mass is 16.4. The van der Waals surface area contributed by atoms with Crippen LogP contribution in [0, 0.1) is 17.8 Å². The number of aliphatic carboxylic acids is 1. The summed E-state index contributed by atoms with van der Waals surface area (Å²) in [5.74, 6) is 0.156. The first-order chi connectivity index (χ1) is 11.0. The Morgan fingerprint density at radius 3 is 2.61 bits per heavy atom. The maximum Gasteiger partial charge on any atom is 0.307 e. The second-order valence-electron chi connectivity index (χ2n) is 7.57. The van der Waals surface area contributed by atoms with Crippen molar-refractivity contribution < 1.29 is 14.7 Å². The summed E-state index contributed by atoms with van der Waals surface area (Å²) in [5.41, 5.74) is 0. The highest BCUT2D eigenvalue weighted by molar-refractivity contribution is 5.78. The van der Waals surface area contributed by atoms with E-state index in [1.165, 1.54) is 38.5 Å². The Morgan fingerprint density at radius 2 is 1.91 bits per heavy atom. The van der Waals surface area contributed by atoms with Crippen LogP contribution in [0.15, 0.2) is 0 Å². The molecule has 2 N–H and O–H groups in total. The van der Waals surface area contributed by atoms with Crippen molar-refractivity contribution in [2.45, 2.75) is 58.3 Å². The molecule has 0 aromatic heterocycles. The van der Waals surface area contributed by atoms with Crippen molar-refractivity contribution in [3.8, 4) is 0 Å². The standard InChI is InChI=1S/C18H32N2O3/c1-14-10-16(18(22)23)12-20(11-14)13-17(21)19-9-5-8-15-6-3-2-4-7-15/h14-16H,2-13H2,1H3,(H,19,21)(H,22,23). The van der Waals surface area contributed by atoms with E-state index in [0.717, 1.165) is 31.8 Å². The van der Waals surface area contributed by atoms with Gasteiger partial charge in [0.1, 0.15) is 0 Å². The molecular formula is C18H32N2O3. The molecule has 1 saturated carbocycles.